The van der Waals surface area contributed by atoms with Crippen LogP contribution in [0.15, 0.2) is 16.9 Å². The molecule has 1 amide bonds. The highest BCUT2D eigenvalue weighted by Gasteiger charge is 2.50. The number of carbonyl (C=O) groups is 1. The van der Waals surface area contributed by atoms with Crippen molar-refractivity contribution in [3.63, 3.8) is 0 Å². The van der Waals surface area contributed by atoms with Crippen LogP contribution >= 0.6 is 0 Å². The molecule has 1 saturated carbocycles. The van der Waals surface area contributed by atoms with Crippen LogP contribution in [-0.4, -0.2) is 65.6 Å². The van der Waals surface area contributed by atoms with Gasteiger partial charge in [0.15, 0.2) is 0 Å². The second kappa shape index (κ2) is 7.16. The molecule has 0 N–H and O–H groups in total. The zero-order valence-electron chi connectivity index (χ0n) is 16.5. The lowest BCUT2D eigenvalue weighted by Gasteiger charge is -2.45. The molecular weight excluding hydrogens is 380 g/mol. The maximum Gasteiger partial charge on any atom is 0.255 e. The zero-order chi connectivity index (χ0) is 20.2. The quantitative estimate of drug-likeness (QED) is 0.765. The number of likely N-dealkylation sites (tertiary alicyclic amines) is 1. The number of amides is 1. The molecule has 3 fully saturated rings. The number of halogens is 2. The molecule has 1 aromatic heterocycles. The number of rotatable bonds is 3. The minimum absolute atomic E-state index is 0.0714. The van der Waals surface area contributed by atoms with Crippen LogP contribution in [-0.2, 0) is 22.6 Å². The smallest absolute Gasteiger partial charge is 0.255 e. The van der Waals surface area contributed by atoms with Gasteiger partial charge in [-0.25, -0.2) is 8.78 Å². The molecule has 5 rings (SSSR count). The Kier molecular flexibility index (Phi) is 4.74. The van der Waals surface area contributed by atoms with Crippen molar-refractivity contribution in [1.82, 2.24) is 14.4 Å². The predicted molar refractivity (Wildman–Crippen MR) is 102 cm³/mol. The molecule has 8 heteroatoms. The average Bonchev–Trinajstić information content (AvgIpc) is 2.69. The Labute approximate surface area is 168 Å². The summed E-state index contributed by atoms with van der Waals surface area (Å²) in [5.74, 6) is -3.03. The molecule has 3 aliphatic heterocycles. The molecule has 0 radical (unpaired) electrons. The Balaban J connectivity index is 1.32. The number of alkyl halides is 2. The molecule has 0 aromatic carbocycles. The van der Waals surface area contributed by atoms with Crippen LogP contribution in [0, 0.1) is 11.8 Å². The monoisotopic (exact) mass is 407 g/mol. The molecule has 4 aliphatic rings. The molecule has 2 saturated heterocycles. The standard InChI is InChI=1S/C21H27F2N3O3/c22-21(23)8-17(9-21)19(27)25-10-14-7-16(13-25)18-2-1-15(20(28)26(18)11-14)12-24-3-5-29-6-4-24/h1-2,14,16-17H,3-13H2/t14-,16+/m0/s1. The van der Waals surface area contributed by atoms with Gasteiger partial charge in [-0.05, 0) is 18.4 Å². The third-order valence-corrected chi connectivity index (χ3v) is 6.93. The number of nitrogens with zero attached hydrogens (tertiary/aromatic N) is 3. The molecule has 0 spiro atoms. The van der Waals surface area contributed by atoms with Gasteiger partial charge in [0.05, 0.1) is 13.2 Å². The Morgan fingerprint density at radius 2 is 1.90 bits per heavy atom. The van der Waals surface area contributed by atoms with Crippen LogP contribution in [0.5, 0.6) is 0 Å². The summed E-state index contributed by atoms with van der Waals surface area (Å²) in [4.78, 5) is 29.8. The van der Waals surface area contributed by atoms with Crippen molar-refractivity contribution < 1.29 is 18.3 Å². The maximum absolute atomic E-state index is 13.2. The fourth-order valence-corrected chi connectivity index (χ4v) is 5.39. The molecule has 158 valence electrons. The third-order valence-electron chi connectivity index (χ3n) is 6.93. The van der Waals surface area contributed by atoms with Crippen molar-refractivity contribution >= 4 is 5.91 Å². The van der Waals surface area contributed by atoms with Gasteiger partial charge in [-0.1, -0.05) is 6.07 Å². The predicted octanol–water partition coefficient (Wildman–Crippen LogP) is 1.67. The maximum atomic E-state index is 13.2. The number of fused-ring (bicyclic) bond motifs is 4. The molecule has 4 heterocycles. The molecule has 1 aromatic rings. The van der Waals surface area contributed by atoms with Crippen molar-refractivity contribution in [1.29, 1.82) is 0 Å². The Morgan fingerprint density at radius 3 is 2.62 bits per heavy atom. The van der Waals surface area contributed by atoms with E-state index in [9.17, 15) is 18.4 Å². The fraction of sp³-hybridized carbons (Fsp3) is 0.714. The summed E-state index contributed by atoms with van der Waals surface area (Å²) in [6.07, 6.45) is 0.310. The van der Waals surface area contributed by atoms with E-state index >= 15 is 0 Å². The summed E-state index contributed by atoms with van der Waals surface area (Å²) < 4.78 is 33.6. The number of hydrogen-bond acceptors (Lipinski definition) is 4. The van der Waals surface area contributed by atoms with Gasteiger partial charge >= 0.3 is 0 Å². The second-order valence-electron chi connectivity index (χ2n) is 9.09. The lowest BCUT2D eigenvalue weighted by Crippen LogP contribution is -2.53. The summed E-state index contributed by atoms with van der Waals surface area (Å²) in [6.45, 7) is 5.41. The lowest BCUT2D eigenvalue weighted by atomic mass is 9.78. The van der Waals surface area contributed by atoms with E-state index in [1.807, 2.05) is 16.7 Å². The van der Waals surface area contributed by atoms with Crippen LogP contribution in [0.2, 0.25) is 0 Å². The molecular formula is C21H27F2N3O3. The van der Waals surface area contributed by atoms with E-state index in [0.29, 0.717) is 39.4 Å². The van der Waals surface area contributed by atoms with Gasteiger partial charge in [0, 0.05) is 75.2 Å². The van der Waals surface area contributed by atoms with Crippen LogP contribution in [0.4, 0.5) is 8.78 Å². The van der Waals surface area contributed by atoms with E-state index in [1.54, 1.807) is 4.90 Å². The van der Waals surface area contributed by atoms with Gasteiger partial charge in [-0.15, -0.1) is 0 Å². The van der Waals surface area contributed by atoms with Crippen molar-refractivity contribution in [3.05, 3.63) is 33.7 Å². The van der Waals surface area contributed by atoms with Crippen molar-refractivity contribution in [3.8, 4) is 0 Å². The van der Waals surface area contributed by atoms with E-state index in [4.69, 9.17) is 4.74 Å². The largest absolute Gasteiger partial charge is 0.379 e. The highest BCUT2D eigenvalue weighted by Crippen LogP contribution is 2.44. The molecule has 2 atom stereocenters. The van der Waals surface area contributed by atoms with E-state index in [1.165, 1.54) is 0 Å². The molecule has 1 aliphatic carbocycles. The number of ether oxygens (including phenoxy) is 1. The number of aromatic nitrogens is 1. The average molecular weight is 407 g/mol. The highest BCUT2D eigenvalue weighted by molar-refractivity contribution is 5.80. The van der Waals surface area contributed by atoms with Crippen LogP contribution < -0.4 is 5.56 Å². The summed E-state index contributed by atoms with van der Waals surface area (Å²) in [6, 6.07) is 3.96. The van der Waals surface area contributed by atoms with Gasteiger partial charge in [-0.2, -0.15) is 0 Å². The van der Waals surface area contributed by atoms with Crippen molar-refractivity contribution in [2.75, 3.05) is 39.4 Å². The minimum Gasteiger partial charge on any atom is -0.379 e. The van der Waals surface area contributed by atoms with Crippen LogP contribution in [0.25, 0.3) is 0 Å². The number of pyridine rings is 1. The van der Waals surface area contributed by atoms with Gasteiger partial charge in [0.25, 0.3) is 5.56 Å². The first-order valence-corrected chi connectivity index (χ1v) is 10.6. The van der Waals surface area contributed by atoms with Crippen molar-refractivity contribution in [2.45, 2.75) is 44.2 Å². The summed E-state index contributed by atoms with van der Waals surface area (Å²) in [5, 5.41) is 0. The number of hydrogen-bond donors (Lipinski definition) is 0. The minimum atomic E-state index is -2.68. The highest BCUT2D eigenvalue weighted by atomic mass is 19.3. The van der Waals surface area contributed by atoms with E-state index in [2.05, 4.69) is 4.90 Å². The molecule has 2 bridgehead atoms. The first-order chi connectivity index (χ1) is 13.9. The topological polar surface area (TPSA) is 54.8 Å². The van der Waals surface area contributed by atoms with E-state index in [0.717, 1.165) is 30.8 Å². The van der Waals surface area contributed by atoms with Gasteiger partial charge in [0.1, 0.15) is 0 Å². The summed E-state index contributed by atoms with van der Waals surface area (Å²) >= 11 is 0. The van der Waals surface area contributed by atoms with Gasteiger partial charge in [-0.3, -0.25) is 14.5 Å². The number of piperidine rings is 1. The Bertz CT molecular complexity index is 857. The second-order valence-corrected chi connectivity index (χ2v) is 9.09. The van der Waals surface area contributed by atoms with Crippen LogP contribution in [0.1, 0.15) is 36.4 Å². The molecule has 0 unspecified atom stereocenters. The Hall–Kier alpha value is -1.80. The number of carbonyl (C=O) groups excluding carboxylic acids is 1. The third kappa shape index (κ3) is 3.61. The first-order valence-electron chi connectivity index (χ1n) is 10.6. The van der Waals surface area contributed by atoms with E-state index in [-0.39, 0.29) is 36.1 Å². The lowest BCUT2D eigenvalue weighted by molar-refractivity contribution is -0.162. The zero-order valence-corrected chi connectivity index (χ0v) is 16.5. The van der Waals surface area contributed by atoms with Crippen LogP contribution in [0.3, 0.4) is 0 Å². The number of morpholine rings is 1. The molecule has 29 heavy (non-hydrogen) atoms. The fourth-order valence-electron chi connectivity index (χ4n) is 5.39. The first kappa shape index (κ1) is 19.2. The van der Waals surface area contributed by atoms with Gasteiger partial charge < -0.3 is 14.2 Å². The summed E-state index contributed by atoms with van der Waals surface area (Å²) in [7, 11) is 0. The normalized spacial score (nSPS) is 29.2. The van der Waals surface area contributed by atoms with Crippen molar-refractivity contribution in [2.24, 2.45) is 11.8 Å². The molecule has 6 nitrogen and oxygen atoms in total. The SMILES string of the molecule is O=C(C1CC(F)(F)C1)N1C[C@@H]2C[C@H](C1)c1ccc(CN3CCOCC3)c(=O)n1C2. The Morgan fingerprint density at radius 1 is 1.14 bits per heavy atom. The van der Waals surface area contributed by atoms with E-state index < -0.39 is 11.8 Å². The summed E-state index contributed by atoms with van der Waals surface area (Å²) in [5.41, 5.74) is 1.86. The van der Waals surface area contributed by atoms with Gasteiger partial charge in [0.2, 0.25) is 11.8 Å².